The molecule has 3 amide bonds. The number of amides is 3. The standard InChI is InChI=1S/C20H37N7O8/c1-9(2)7-12(27-18(33)15(21)10(3)28)16(31)26-13(8-14(29)30)17(32)25-11(19(34)35)5-4-6-24-20(22)23/h9-13,15,28H,4-8,21H2,1-3H3,(H,25,32)(H,26,31)(H,27,33)(H,29,30)(H,34,35)(H4,22,23,24). The highest BCUT2D eigenvalue weighted by molar-refractivity contribution is 5.95. The zero-order valence-electron chi connectivity index (χ0n) is 20.1. The van der Waals surface area contributed by atoms with E-state index in [9.17, 15) is 39.3 Å². The van der Waals surface area contributed by atoms with Crippen LogP contribution in [0.3, 0.4) is 0 Å². The predicted molar refractivity (Wildman–Crippen MR) is 125 cm³/mol. The van der Waals surface area contributed by atoms with Gasteiger partial charge in [0.05, 0.1) is 12.5 Å². The Kier molecular flexibility index (Phi) is 13.9. The van der Waals surface area contributed by atoms with Gasteiger partial charge in [-0.2, -0.15) is 0 Å². The Hall–Kier alpha value is -3.46. The molecule has 5 atom stereocenters. The van der Waals surface area contributed by atoms with Crippen molar-refractivity contribution in [2.45, 2.75) is 76.7 Å². The van der Waals surface area contributed by atoms with Gasteiger partial charge < -0.3 is 48.5 Å². The number of carbonyl (C=O) groups is 5. The Balaban J connectivity index is 5.49. The summed E-state index contributed by atoms with van der Waals surface area (Å²) in [6, 6.07) is -5.52. The number of nitrogens with one attached hydrogen (secondary N) is 3. The number of carbonyl (C=O) groups excluding carboxylic acids is 3. The number of nitrogens with zero attached hydrogens (tertiary/aromatic N) is 1. The van der Waals surface area contributed by atoms with Crippen LogP contribution in [0.15, 0.2) is 4.99 Å². The minimum Gasteiger partial charge on any atom is -0.481 e. The lowest BCUT2D eigenvalue weighted by atomic mass is 10.0. The van der Waals surface area contributed by atoms with Crippen molar-refractivity contribution in [3.05, 3.63) is 0 Å². The maximum atomic E-state index is 12.8. The number of aliphatic carboxylic acids is 2. The lowest BCUT2D eigenvalue weighted by Crippen LogP contribution is -2.58. The van der Waals surface area contributed by atoms with Crippen LogP contribution in [0, 0.1) is 5.92 Å². The second-order valence-electron chi connectivity index (χ2n) is 8.46. The van der Waals surface area contributed by atoms with Gasteiger partial charge in [0.25, 0.3) is 0 Å². The normalized spacial score (nSPS) is 15.1. The first-order valence-electron chi connectivity index (χ1n) is 11.0. The van der Waals surface area contributed by atoms with E-state index in [0.717, 1.165) is 0 Å². The third kappa shape index (κ3) is 13.1. The smallest absolute Gasteiger partial charge is 0.326 e. The molecule has 15 nitrogen and oxygen atoms in total. The van der Waals surface area contributed by atoms with Crippen molar-refractivity contribution in [1.29, 1.82) is 0 Å². The van der Waals surface area contributed by atoms with Gasteiger partial charge in [0.1, 0.15) is 24.2 Å². The molecule has 0 aliphatic heterocycles. The number of carboxylic acid groups (broad SMARTS) is 2. The van der Waals surface area contributed by atoms with Crippen molar-refractivity contribution >= 4 is 35.6 Å². The molecule has 0 spiro atoms. The average Bonchev–Trinajstić information content (AvgIpc) is 2.72. The molecule has 0 aliphatic carbocycles. The Morgan fingerprint density at radius 1 is 0.857 bits per heavy atom. The topological polar surface area (TPSA) is 273 Å². The quantitative estimate of drug-likeness (QED) is 0.0574. The molecule has 0 aromatic heterocycles. The van der Waals surface area contributed by atoms with Crippen LogP contribution in [0.2, 0.25) is 0 Å². The van der Waals surface area contributed by atoms with Gasteiger partial charge in [0.15, 0.2) is 5.96 Å². The average molecular weight is 504 g/mol. The highest BCUT2D eigenvalue weighted by atomic mass is 16.4. The number of carboxylic acids is 2. The fourth-order valence-corrected chi connectivity index (χ4v) is 2.88. The molecule has 0 radical (unpaired) electrons. The van der Waals surface area contributed by atoms with Crippen LogP contribution < -0.4 is 33.2 Å². The molecule has 0 saturated heterocycles. The van der Waals surface area contributed by atoms with Crippen molar-refractivity contribution in [2.24, 2.45) is 28.1 Å². The first-order chi connectivity index (χ1) is 16.1. The molecular formula is C20H37N7O8. The SMILES string of the molecule is CC(C)CC(NC(=O)C(N)C(C)O)C(=O)NC(CC(=O)O)C(=O)NC(CCCN=C(N)N)C(=O)O. The first kappa shape index (κ1) is 31.5. The predicted octanol–water partition coefficient (Wildman–Crippen LogP) is -3.19. The largest absolute Gasteiger partial charge is 0.481 e. The Morgan fingerprint density at radius 2 is 1.37 bits per heavy atom. The van der Waals surface area contributed by atoms with E-state index in [1.165, 1.54) is 6.92 Å². The third-order valence-corrected chi connectivity index (χ3v) is 4.73. The van der Waals surface area contributed by atoms with E-state index in [0.29, 0.717) is 0 Å². The summed E-state index contributed by atoms with van der Waals surface area (Å²) >= 11 is 0. The van der Waals surface area contributed by atoms with Crippen LogP contribution in [0.25, 0.3) is 0 Å². The van der Waals surface area contributed by atoms with E-state index < -0.39 is 66.4 Å². The van der Waals surface area contributed by atoms with E-state index in [-0.39, 0.29) is 37.7 Å². The summed E-state index contributed by atoms with van der Waals surface area (Å²) in [5, 5.41) is 34.9. The summed E-state index contributed by atoms with van der Waals surface area (Å²) < 4.78 is 0. The number of hydrogen-bond donors (Lipinski definition) is 9. The number of hydrogen-bond acceptors (Lipinski definition) is 8. The molecular weight excluding hydrogens is 466 g/mol. The van der Waals surface area contributed by atoms with Gasteiger partial charge in [-0.25, -0.2) is 4.79 Å². The van der Waals surface area contributed by atoms with Crippen LogP contribution >= 0.6 is 0 Å². The minimum absolute atomic E-state index is 0.0607. The van der Waals surface area contributed by atoms with Gasteiger partial charge in [0, 0.05) is 6.54 Å². The molecule has 35 heavy (non-hydrogen) atoms. The van der Waals surface area contributed by atoms with Crippen molar-refractivity contribution in [2.75, 3.05) is 6.54 Å². The van der Waals surface area contributed by atoms with Crippen LogP contribution in [0.4, 0.5) is 0 Å². The summed E-state index contributed by atoms with van der Waals surface area (Å²) in [6.45, 7) is 4.94. The molecule has 200 valence electrons. The van der Waals surface area contributed by atoms with Crippen LogP contribution in [0.5, 0.6) is 0 Å². The van der Waals surface area contributed by atoms with E-state index in [1.54, 1.807) is 13.8 Å². The second-order valence-corrected chi connectivity index (χ2v) is 8.46. The molecule has 12 N–H and O–H groups in total. The fraction of sp³-hybridized carbons (Fsp3) is 0.700. The fourth-order valence-electron chi connectivity index (χ4n) is 2.88. The van der Waals surface area contributed by atoms with Crippen LogP contribution in [0.1, 0.15) is 46.5 Å². The minimum atomic E-state index is -1.63. The summed E-state index contributed by atoms with van der Waals surface area (Å²) in [4.78, 5) is 64.2. The number of guanidine groups is 1. The van der Waals surface area contributed by atoms with Crippen molar-refractivity contribution in [3.63, 3.8) is 0 Å². The Morgan fingerprint density at radius 3 is 1.83 bits per heavy atom. The Labute approximate surface area is 202 Å². The third-order valence-electron chi connectivity index (χ3n) is 4.73. The second kappa shape index (κ2) is 15.4. The van der Waals surface area contributed by atoms with Gasteiger partial charge in [-0.1, -0.05) is 13.8 Å². The van der Waals surface area contributed by atoms with Gasteiger partial charge in [-0.3, -0.25) is 24.2 Å². The summed E-state index contributed by atoms with van der Waals surface area (Å²) in [6.07, 6.45) is -1.77. The lowest BCUT2D eigenvalue weighted by molar-refractivity contribution is -0.144. The monoisotopic (exact) mass is 503 g/mol. The maximum absolute atomic E-state index is 12.8. The number of aliphatic hydroxyl groups is 1. The van der Waals surface area contributed by atoms with Gasteiger partial charge >= 0.3 is 11.9 Å². The maximum Gasteiger partial charge on any atom is 0.326 e. The zero-order valence-corrected chi connectivity index (χ0v) is 20.1. The van der Waals surface area contributed by atoms with Crippen LogP contribution in [-0.2, 0) is 24.0 Å². The molecule has 5 unspecified atom stereocenters. The first-order valence-corrected chi connectivity index (χ1v) is 11.0. The zero-order chi connectivity index (χ0) is 27.3. The summed E-state index contributed by atoms with van der Waals surface area (Å²) in [7, 11) is 0. The molecule has 0 saturated carbocycles. The highest BCUT2D eigenvalue weighted by Gasteiger charge is 2.32. The van der Waals surface area contributed by atoms with Crippen molar-refractivity contribution < 1.29 is 39.3 Å². The summed E-state index contributed by atoms with van der Waals surface area (Å²) in [5.74, 6) is -5.79. The number of aliphatic imine (C=N–C) groups is 1. The van der Waals surface area contributed by atoms with Crippen molar-refractivity contribution in [3.8, 4) is 0 Å². The molecule has 0 rings (SSSR count). The van der Waals surface area contributed by atoms with E-state index >= 15 is 0 Å². The van der Waals surface area contributed by atoms with Gasteiger partial charge in [0.2, 0.25) is 17.7 Å². The van der Waals surface area contributed by atoms with E-state index in [2.05, 4.69) is 20.9 Å². The molecule has 0 aromatic carbocycles. The molecule has 15 heteroatoms. The molecule has 0 aromatic rings. The highest BCUT2D eigenvalue weighted by Crippen LogP contribution is 2.08. The van der Waals surface area contributed by atoms with Gasteiger partial charge in [-0.15, -0.1) is 0 Å². The number of nitrogens with two attached hydrogens (primary N) is 3. The molecule has 0 heterocycles. The van der Waals surface area contributed by atoms with Crippen molar-refractivity contribution in [1.82, 2.24) is 16.0 Å². The Bertz CT molecular complexity index is 783. The molecule has 0 fully saturated rings. The number of aliphatic hydroxyl groups excluding tert-OH is 1. The van der Waals surface area contributed by atoms with Crippen LogP contribution in [-0.4, -0.2) is 87.8 Å². The van der Waals surface area contributed by atoms with E-state index in [4.69, 9.17) is 17.2 Å². The lowest BCUT2D eigenvalue weighted by Gasteiger charge is -2.26. The van der Waals surface area contributed by atoms with Gasteiger partial charge in [-0.05, 0) is 32.1 Å². The molecule has 0 aliphatic rings. The summed E-state index contributed by atoms with van der Waals surface area (Å²) in [5.41, 5.74) is 16.0. The number of rotatable bonds is 16. The van der Waals surface area contributed by atoms with E-state index in [1.807, 2.05) is 0 Å². The molecule has 0 bridgehead atoms.